The molecule has 0 saturated carbocycles. The summed E-state index contributed by atoms with van der Waals surface area (Å²) in [6.07, 6.45) is 5.14. The number of halogens is 1. The number of fused-ring (bicyclic) bond motifs is 1. The van der Waals surface area contributed by atoms with Crippen LogP contribution < -0.4 is 0 Å². The first-order chi connectivity index (χ1) is 10.2. The Morgan fingerprint density at radius 2 is 1.86 bits per heavy atom. The van der Waals surface area contributed by atoms with Crippen molar-refractivity contribution in [3.63, 3.8) is 0 Å². The number of benzene rings is 2. The van der Waals surface area contributed by atoms with Crippen LogP contribution >= 0.6 is 11.6 Å². The summed E-state index contributed by atoms with van der Waals surface area (Å²) in [5.74, 6) is -0.0436. The van der Waals surface area contributed by atoms with Gasteiger partial charge in [-0.2, -0.15) is 0 Å². The van der Waals surface area contributed by atoms with Crippen molar-refractivity contribution < 1.29 is 4.79 Å². The van der Waals surface area contributed by atoms with Crippen molar-refractivity contribution in [3.05, 3.63) is 83.0 Å². The third-order valence-electron chi connectivity index (χ3n) is 3.18. The van der Waals surface area contributed by atoms with Crippen molar-refractivity contribution in [2.75, 3.05) is 0 Å². The number of carbonyl (C=O) groups is 1. The van der Waals surface area contributed by atoms with Gasteiger partial charge >= 0.3 is 0 Å². The highest BCUT2D eigenvalue weighted by Crippen LogP contribution is 2.15. The number of ketones is 1. The van der Waals surface area contributed by atoms with E-state index in [2.05, 4.69) is 4.98 Å². The highest BCUT2D eigenvalue weighted by atomic mass is 35.5. The lowest BCUT2D eigenvalue weighted by atomic mass is 10.1. The summed E-state index contributed by atoms with van der Waals surface area (Å²) >= 11 is 5.81. The lowest BCUT2D eigenvalue weighted by Crippen LogP contribution is -1.93. The largest absolute Gasteiger partial charge is 0.289 e. The van der Waals surface area contributed by atoms with Crippen LogP contribution in [0.25, 0.3) is 17.0 Å². The van der Waals surface area contributed by atoms with Gasteiger partial charge in [-0.25, -0.2) is 0 Å². The van der Waals surface area contributed by atoms with Gasteiger partial charge in [0, 0.05) is 22.2 Å². The van der Waals surface area contributed by atoms with Gasteiger partial charge in [0.15, 0.2) is 5.78 Å². The molecule has 0 saturated heterocycles. The molecule has 0 N–H and O–H groups in total. The van der Waals surface area contributed by atoms with Crippen molar-refractivity contribution in [1.29, 1.82) is 0 Å². The molecule has 0 fully saturated rings. The van der Waals surface area contributed by atoms with Crippen LogP contribution in [0.4, 0.5) is 0 Å². The van der Waals surface area contributed by atoms with Crippen molar-refractivity contribution in [2.45, 2.75) is 0 Å². The molecule has 0 aliphatic heterocycles. The minimum atomic E-state index is -0.0436. The lowest BCUT2D eigenvalue weighted by molar-refractivity contribution is 0.104. The molecule has 3 heteroatoms. The molecule has 0 bridgehead atoms. The summed E-state index contributed by atoms with van der Waals surface area (Å²) in [5, 5.41) is 1.68. The van der Waals surface area contributed by atoms with E-state index in [1.807, 2.05) is 36.4 Å². The minimum Gasteiger partial charge on any atom is -0.289 e. The molecule has 1 aromatic heterocycles. The van der Waals surface area contributed by atoms with Gasteiger partial charge in [-0.05, 0) is 54.1 Å². The van der Waals surface area contributed by atoms with E-state index in [0.29, 0.717) is 10.6 Å². The zero-order chi connectivity index (χ0) is 14.7. The van der Waals surface area contributed by atoms with Crippen LogP contribution in [0.3, 0.4) is 0 Å². The molecule has 0 unspecified atom stereocenters. The number of pyridine rings is 1. The van der Waals surface area contributed by atoms with Crippen LogP contribution in [0, 0.1) is 0 Å². The van der Waals surface area contributed by atoms with E-state index in [-0.39, 0.29) is 5.78 Å². The number of allylic oxidation sites excluding steroid dienone is 1. The summed E-state index contributed by atoms with van der Waals surface area (Å²) in [5.41, 5.74) is 2.54. The van der Waals surface area contributed by atoms with Gasteiger partial charge in [0.2, 0.25) is 0 Å². The van der Waals surface area contributed by atoms with Crippen LogP contribution in [0.1, 0.15) is 15.9 Å². The summed E-state index contributed by atoms with van der Waals surface area (Å²) in [7, 11) is 0. The first kappa shape index (κ1) is 13.5. The van der Waals surface area contributed by atoms with Crippen molar-refractivity contribution in [2.24, 2.45) is 0 Å². The molecule has 0 amide bonds. The fraction of sp³-hybridized carbons (Fsp3) is 0. The van der Waals surface area contributed by atoms with Crippen LogP contribution in [0.2, 0.25) is 5.02 Å². The molecule has 3 aromatic rings. The van der Waals surface area contributed by atoms with E-state index in [4.69, 9.17) is 11.6 Å². The third-order valence-corrected chi connectivity index (χ3v) is 3.43. The Labute approximate surface area is 127 Å². The second kappa shape index (κ2) is 5.90. The highest BCUT2D eigenvalue weighted by molar-refractivity contribution is 6.30. The topological polar surface area (TPSA) is 30.0 Å². The number of carbonyl (C=O) groups excluding carboxylic acids is 1. The number of nitrogens with zero attached hydrogens (tertiary/aromatic N) is 1. The minimum absolute atomic E-state index is 0.0436. The Kier molecular flexibility index (Phi) is 3.80. The number of hydrogen-bond donors (Lipinski definition) is 0. The van der Waals surface area contributed by atoms with E-state index in [1.165, 1.54) is 0 Å². The summed E-state index contributed by atoms with van der Waals surface area (Å²) < 4.78 is 0. The third kappa shape index (κ3) is 3.18. The van der Waals surface area contributed by atoms with E-state index < -0.39 is 0 Å². The average molecular weight is 294 g/mol. The molecule has 2 aromatic carbocycles. The van der Waals surface area contributed by atoms with Gasteiger partial charge in [0.05, 0.1) is 5.52 Å². The van der Waals surface area contributed by atoms with Crippen LogP contribution in [-0.4, -0.2) is 10.8 Å². The number of hydrogen-bond acceptors (Lipinski definition) is 2. The fourth-order valence-electron chi connectivity index (χ4n) is 2.08. The fourth-order valence-corrected chi connectivity index (χ4v) is 2.21. The molecular formula is C18H12ClNO. The second-order valence-corrected chi connectivity index (χ2v) is 5.10. The zero-order valence-electron chi connectivity index (χ0n) is 11.2. The van der Waals surface area contributed by atoms with Gasteiger partial charge in [0.25, 0.3) is 0 Å². The molecule has 3 rings (SSSR count). The van der Waals surface area contributed by atoms with Gasteiger partial charge in [-0.3, -0.25) is 9.78 Å². The normalized spacial score (nSPS) is 11.1. The maximum absolute atomic E-state index is 12.1. The van der Waals surface area contributed by atoms with Crippen LogP contribution in [0.5, 0.6) is 0 Å². The van der Waals surface area contributed by atoms with E-state index in [1.54, 1.807) is 36.5 Å². The Morgan fingerprint density at radius 1 is 1.05 bits per heavy atom. The monoisotopic (exact) mass is 293 g/mol. The van der Waals surface area contributed by atoms with E-state index in [9.17, 15) is 4.79 Å². The van der Waals surface area contributed by atoms with Crippen molar-refractivity contribution >= 4 is 34.4 Å². The van der Waals surface area contributed by atoms with Crippen LogP contribution in [-0.2, 0) is 0 Å². The second-order valence-electron chi connectivity index (χ2n) is 4.66. The smallest absolute Gasteiger partial charge is 0.185 e. The molecule has 102 valence electrons. The molecule has 0 radical (unpaired) electrons. The number of rotatable bonds is 3. The SMILES string of the molecule is O=C(/C=C/c1ccc2ncccc2c1)c1ccc(Cl)cc1. The molecule has 0 spiro atoms. The maximum atomic E-state index is 12.1. The van der Waals surface area contributed by atoms with Gasteiger partial charge in [-0.1, -0.05) is 29.8 Å². The molecule has 0 aliphatic rings. The van der Waals surface area contributed by atoms with Crippen molar-refractivity contribution in [3.8, 4) is 0 Å². The molecule has 0 aliphatic carbocycles. The van der Waals surface area contributed by atoms with Gasteiger partial charge < -0.3 is 0 Å². The van der Waals surface area contributed by atoms with E-state index >= 15 is 0 Å². The Hall–Kier alpha value is -2.45. The summed E-state index contributed by atoms with van der Waals surface area (Å²) in [6, 6.07) is 16.7. The standard InChI is InChI=1S/C18H12ClNO/c19-16-7-5-14(6-8-16)18(21)10-4-13-3-9-17-15(12-13)2-1-11-20-17/h1-12H/b10-4+. The molecular weight excluding hydrogens is 282 g/mol. The van der Waals surface area contributed by atoms with Crippen LogP contribution in [0.15, 0.2) is 66.9 Å². The lowest BCUT2D eigenvalue weighted by Gasteiger charge is -1.99. The maximum Gasteiger partial charge on any atom is 0.185 e. The highest BCUT2D eigenvalue weighted by Gasteiger charge is 2.01. The Morgan fingerprint density at radius 3 is 2.67 bits per heavy atom. The average Bonchev–Trinajstić information content (AvgIpc) is 2.53. The Bertz CT molecular complexity index is 822. The predicted octanol–water partition coefficient (Wildman–Crippen LogP) is 4.78. The summed E-state index contributed by atoms with van der Waals surface area (Å²) in [4.78, 5) is 16.3. The molecule has 1 heterocycles. The molecule has 0 atom stereocenters. The predicted molar refractivity (Wildman–Crippen MR) is 86.6 cm³/mol. The summed E-state index contributed by atoms with van der Waals surface area (Å²) in [6.45, 7) is 0. The zero-order valence-corrected chi connectivity index (χ0v) is 11.9. The van der Waals surface area contributed by atoms with Gasteiger partial charge in [0.1, 0.15) is 0 Å². The first-order valence-corrected chi connectivity index (χ1v) is 6.93. The van der Waals surface area contributed by atoms with E-state index in [0.717, 1.165) is 16.5 Å². The Balaban J connectivity index is 1.83. The first-order valence-electron chi connectivity index (χ1n) is 6.55. The number of aromatic nitrogens is 1. The van der Waals surface area contributed by atoms with Crippen molar-refractivity contribution in [1.82, 2.24) is 4.98 Å². The molecule has 21 heavy (non-hydrogen) atoms. The quantitative estimate of drug-likeness (QED) is 0.513. The van der Waals surface area contributed by atoms with Gasteiger partial charge in [-0.15, -0.1) is 0 Å². The molecule has 2 nitrogen and oxygen atoms in total.